The van der Waals surface area contributed by atoms with Crippen LogP contribution in [0.5, 0.6) is 0 Å². The van der Waals surface area contributed by atoms with Crippen molar-refractivity contribution in [3.8, 4) is 0 Å². The fourth-order valence-electron chi connectivity index (χ4n) is 4.72. The summed E-state index contributed by atoms with van der Waals surface area (Å²) in [6.45, 7) is 5.18. The number of unbranched alkanes of at least 4 members (excludes halogenated alkanes) is 23. The minimum atomic E-state index is 0.0184. The molecule has 0 saturated carbocycles. The van der Waals surface area contributed by atoms with Gasteiger partial charge in [0, 0.05) is 6.42 Å². The third kappa shape index (κ3) is 31.2. The summed E-state index contributed by atoms with van der Waals surface area (Å²) in [6, 6.07) is 0. The number of carbonyl (C=O) groups excluding carboxylic acids is 1. The van der Waals surface area contributed by atoms with E-state index in [1.807, 2.05) is 0 Å². The number of rotatable bonds is 29. The summed E-state index contributed by atoms with van der Waals surface area (Å²) in [7, 11) is 0. The van der Waals surface area contributed by atoms with Crippen molar-refractivity contribution in [1.29, 1.82) is 0 Å². The van der Waals surface area contributed by atoms with Crippen LogP contribution in [0.3, 0.4) is 0 Å². The van der Waals surface area contributed by atoms with E-state index in [9.17, 15) is 4.79 Å². The van der Waals surface area contributed by atoms with Crippen molar-refractivity contribution < 1.29 is 9.53 Å². The van der Waals surface area contributed by atoms with E-state index in [0.717, 1.165) is 12.8 Å². The fourth-order valence-corrected chi connectivity index (χ4v) is 4.72. The molecule has 0 aromatic rings. The Hall–Kier alpha value is -0.790. The minimum absolute atomic E-state index is 0.0184. The monoisotopic (exact) mass is 492 g/mol. The first-order valence-electron chi connectivity index (χ1n) is 16.1. The molecule has 0 aliphatic heterocycles. The van der Waals surface area contributed by atoms with E-state index >= 15 is 0 Å². The molecule has 35 heavy (non-hydrogen) atoms. The van der Waals surface area contributed by atoms with E-state index in [1.165, 1.54) is 154 Å². The summed E-state index contributed by atoms with van der Waals surface area (Å²) < 4.78 is 5.41. The summed E-state index contributed by atoms with van der Waals surface area (Å²) in [5.41, 5.74) is 0. The normalized spacial score (nSPS) is 11.5. The molecule has 2 nitrogen and oxygen atoms in total. The van der Waals surface area contributed by atoms with Gasteiger partial charge in [-0.25, -0.2) is 0 Å². The van der Waals surface area contributed by atoms with Gasteiger partial charge < -0.3 is 4.74 Å². The molecule has 0 bridgehead atoms. The first-order chi connectivity index (χ1) is 17.3. The quantitative estimate of drug-likeness (QED) is 0.0589. The topological polar surface area (TPSA) is 26.3 Å². The first-order valence-corrected chi connectivity index (χ1v) is 16.1. The van der Waals surface area contributed by atoms with E-state index in [-0.39, 0.29) is 5.97 Å². The maximum absolute atomic E-state index is 11.9. The molecular weight excluding hydrogens is 428 g/mol. The summed E-state index contributed by atoms with van der Waals surface area (Å²) in [4.78, 5) is 11.9. The van der Waals surface area contributed by atoms with Crippen molar-refractivity contribution in [2.75, 3.05) is 6.61 Å². The van der Waals surface area contributed by atoms with Gasteiger partial charge in [-0.2, -0.15) is 0 Å². The molecule has 0 fully saturated rings. The molecule has 0 atom stereocenters. The van der Waals surface area contributed by atoms with Gasteiger partial charge in [-0.05, 0) is 38.5 Å². The molecule has 0 N–H and O–H groups in total. The highest BCUT2D eigenvalue weighted by Gasteiger charge is 2.02. The van der Waals surface area contributed by atoms with Gasteiger partial charge in [0.05, 0.1) is 6.61 Å². The van der Waals surface area contributed by atoms with Gasteiger partial charge in [0.25, 0.3) is 0 Å². The maximum Gasteiger partial charge on any atom is 0.305 e. The van der Waals surface area contributed by atoms with Crippen LogP contribution in [0.15, 0.2) is 12.2 Å². The zero-order chi connectivity index (χ0) is 25.5. The molecule has 0 aliphatic carbocycles. The van der Waals surface area contributed by atoms with Crippen molar-refractivity contribution in [2.45, 2.75) is 187 Å². The Balaban J connectivity index is 3.19. The summed E-state index contributed by atoms with van der Waals surface area (Å²) in [5, 5.41) is 0. The Labute approximate surface area is 221 Å². The van der Waals surface area contributed by atoms with Crippen LogP contribution in [0, 0.1) is 0 Å². The highest BCUT2D eigenvalue weighted by molar-refractivity contribution is 5.69. The number of hydrogen-bond acceptors (Lipinski definition) is 2. The molecule has 0 aliphatic rings. The Morgan fingerprint density at radius 3 is 1.23 bits per heavy atom. The number of allylic oxidation sites excluding steroid dienone is 2. The van der Waals surface area contributed by atoms with Gasteiger partial charge in [0.1, 0.15) is 0 Å². The molecule has 0 aromatic carbocycles. The van der Waals surface area contributed by atoms with E-state index < -0.39 is 0 Å². The molecule has 0 saturated heterocycles. The molecule has 0 radical (unpaired) electrons. The van der Waals surface area contributed by atoms with Crippen molar-refractivity contribution in [1.82, 2.24) is 0 Å². The van der Waals surface area contributed by atoms with Crippen LogP contribution in [-0.2, 0) is 9.53 Å². The van der Waals surface area contributed by atoms with E-state index in [0.29, 0.717) is 13.0 Å². The smallest absolute Gasteiger partial charge is 0.305 e. The zero-order valence-corrected chi connectivity index (χ0v) is 24.3. The summed E-state index contributed by atoms with van der Waals surface area (Å²) in [6.07, 6.45) is 39.7. The standard InChI is InChI=1S/C33H64O2/c1-3-5-7-9-11-13-15-17-18-19-20-22-24-26-28-30-32-35-33(34)31-29-27-25-23-21-16-14-12-10-8-6-4-2/h17-18H,3-16,19-32H2,1-2H3/b18-17+. The largest absolute Gasteiger partial charge is 0.466 e. The highest BCUT2D eigenvalue weighted by Crippen LogP contribution is 2.13. The van der Waals surface area contributed by atoms with Crippen molar-refractivity contribution in [3.05, 3.63) is 12.2 Å². The van der Waals surface area contributed by atoms with Gasteiger partial charge in [-0.3, -0.25) is 4.79 Å². The van der Waals surface area contributed by atoms with Crippen LogP contribution in [0.25, 0.3) is 0 Å². The highest BCUT2D eigenvalue weighted by atomic mass is 16.5. The zero-order valence-electron chi connectivity index (χ0n) is 24.3. The van der Waals surface area contributed by atoms with E-state index in [1.54, 1.807) is 0 Å². The molecule has 208 valence electrons. The molecule has 2 heteroatoms. The predicted molar refractivity (Wildman–Crippen MR) is 156 cm³/mol. The van der Waals surface area contributed by atoms with Crippen LogP contribution in [0.2, 0.25) is 0 Å². The lowest BCUT2D eigenvalue weighted by molar-refractivity contribution is -0.143. The Kier molecular flexibility index (Phi) is 30.5. The molecule has 0 amide bonds. The van der Waals surface area contributed by atoms with Gasteiger partial charge >= 0.3 is 5.97 Å². The van der Waals surface area contributed by atoms with Crippen molar-refractivity contribution in [2.24, 2.45) is 0 Å². The van der Waals surface area contributed by atoms with Crippen LogP contribution >= 0.6 is 0 Å². The SMILES string of the molecule is CCCCCCCC/C=C/CCCCCCCCOC(=O)CCCCCCCCCCCCCC. The first kappa shape index (κ1) is 34.2. The van der Waals surface area contributed by atoms with Crippen LogP contribution in [0.4, 0.5) is 0 Å². The van der Waals surface area contributed by atoms with Crippen LogP contribution < -0.4 is 0 Å². The number of carbonyl (C=O) groups is 1. The Morgan fingerprint density at radius 1 is 0.457 bits per heavy atom. The Bertz CT molecular complexity index is 429. The lowest BCUT2D eigenvalue weighted by Gasteiger charge is -2.05. The van der Waals surface area contributed by atoms with Gasteiger partial charge in [-0.1, -0.05) is 154 Å². The molecule has 0 aromatic heterocycles. The second kappa shape index (κ2) is 31.2. The van der Waals surface area contributed by atoms with E-state index in [2.05, 4.69) is 26.0 Å². The molecule has 0 heterocycles. The van der Waals surface area contributed by atoms with Crippen LogP contribution in [-0.4, -0.2) is 12.6 Å². The fraction of sp³-hybridized carbons (Fsp3) is 0.909. The van der Waals surface area contributed by atoms with Gasteiger partial charge in [0.2, 0.25) is 0 Å². The van der Waals surface area contributed by atoms with Crippen molar-refractivity contribution in [3.63, 3.8) is 0 Å². The van der Waals surface area contributed by atoms with E-state index in [4.69, 9.17) is 4.74 Å². The lowest BCUT2D eigenvalue weighted by atomic mass is 10.0. The average molecular weight is 493 g/mol. The third-order valence-corrected chi connectivity index (χ3v) is 7.15. The molecule has 0 unspecified atom stereocenters. The maximum atomic E-state index is 11.9. The second-order valence-corrected chi connectivity index (χ2v) is 10.8. The molecule has 0 spiro atoms. The van der Waals surface area contributed by atoms with Crippen molar-refractivity contribution >= 4 is 5.97 Å². The van der Waals surface area contributed by atoms with Gasteiger partial charge in [0.15, 0.2) is 0 Å². The van der Waals surface area contributed by atoms with Crippen LogP contribution in [0.1, 0.15) is 187 Å². The average Bonchev–Trinajstić information content (AvgIpc) is 2.86. The predicted octanol–water partition coefficient (Wildman–Crippen LogP) is 11.7. The lowest BCUT2D eigenvalue weighted by Crippen LogP contribution is -2.05. The summed E-state index contributed by atoms with van der Waals surface area (Å²) in [5.74, 6) is 0.0184. The number of esters is 1. The Morgan fingerprint density at radius 2 is 0.800 bits per heavy atom. The number of ether oxygens (including phenoxy) is 1. The molecular formula is C33H64O2. The second-order valence-electron chi connectivity index (χ2n) is 10.8. The summed E-state index contributed by atoms with van der Waals surface area (Å²) >= 11 is 0. The molecule has 0 rings (SSSR count). The van der Waals surface area contributed by atoms with Gasteiger partial charge in [-0.15, -0.1) is 0 Å². The number of hydrogen-bond donors (Lipinski definition) is 0. The third-order valence-electron chi connectivity index (χ3n) is 7.15. The minimum Gasteiger partial charge on any atom is -0.466 e.